The van der Waals surface area contributed by atoms with Crippen LogP contribution in [0.15, 0.2) is 24.3 Å². The quantitative estimate of drug-likeness (QED) is 0.835. The van der Waals surface area contributed by atoms with Crippen LogP contribution in [0.5, 0.6) is 5.75 Å². The van der Waals surface area contributed by atoms with E-state index in [4.69, 9.17) is 9.84 Å². The fourth-order valence-corrected chi connectivity index (χ4v) is 1.46. The third kappa shape index (κ3) is 3.23. The second kappa shape index (κ2) is 5.08. The van der Waals surface area contributed by atoms with Gasteiger partial charge in [-0.1, -0.05) is 0 Å². The molecule has 0 saturated heterocycles. The van der Waals surface area contributed by atoms with Crippen LogP contribution < -0.4 is 10.1 Å². The second-order valence-corrected chi connectivity index (χ2v) is 4.39. The lowest BCUT2D eigenvalue weighted by atomic mass is 10.3. The Labute approximate surface area is 105 Å². The Kier molecular flexibility index (Phi) is 3.50. The van der Waals surface area contributed by atoms with Crippen molar-refractivity contribution in [2.75, 3.05) is 5.32 Å². The van der Waals surface area contributed by atoms with Crippen molar-refractivity contribution in [2.24, 2.45) is 5.92 Å². The number of anilines is 1. The third-order valence-corrected chi connectivity index (χ3v) is 2.73. The summed E-state index contributed by atoms with van der Waals surface area (Å²) in [6.45, 7) is 1.46. The van der Waals surface area contributed by atoms with Gasteiger partial charge < -0.3 is 15.2 Å². The van der Waals surface area contributed by atoms with Crippen LogP contribution in [-0.2, 0) is 9.59 Å². The molecule has 2 rings (SSSR count). The molecule has 5 heteroatoms. The van der Waals surface area contributed by atoms with Crippen molar-refractivity contribution in [3.8, 4) is 5.75 Å². The Bertz CT molecular complexity index is 451. The number of carboxylic acids is 1. The molecule has 1 aliphatic rings. The molecule has 1 saturated carbocycles. The standard InChI is InChI=1S/C13H15NO4/c1-8(13(16)17)18-11-6-4-10(5-7-11)14-12(15)9-2-3-9/h4-9H,2-3H2,1H3,(H,14,15)(H,16,17). The van der Waals surface area contributed by atoms with E-state index in [1.807, 2.05) is 0 Å². The van der Waals surface area contributed by atoms with E-state index >= 15 is 0 Å². The van der Waals surface area contributed by atoms with Gasteiger partial charge in [-0.3, -0.25) is 4.79 Å². The van der Waals surface area contributed by atoms with E-state index in [1.54, 1.807) is 24.3 Å². The Morgan fingerprint density at radius 1 is 1.33 bits per heavy atom. The Balaban J connectivity index is 1.92. The molecular weight excluding hydrogens is 234 g/mol. The van der Waals surface area contributed by atoms with E-state index in [2.05, 4.69) is 5.32 Å². The Hall–Kier alpha value is -2.04. The average molecular weight is 249 g/mol. The summed E-state index contributed by atoms with van der Waals surface area (Å²) in [5, 5.41) is 11.5. The maximum absolute atomic E-state index is 11.5. The first-order valence-corrected chi connectivity index (χ1v) is 5.86. The van der Waals surface area contributed by atoms with Gasteiger partial charge in [-0.05, 0) is 44.0 Å². The van der Waals surface area contributed by atoms with Crippen LogP contribution in [0.2, 0.25) is 0 Å². The topological polar surface area (TPSA) is 75.6 Å². The number of nitrogens with one attached hydrogen (secondary N) is 1. The highest BCUT2D eigenvalue weighted by Crippen LogP contribution is 2.30. The highest BCUT2D eigenvalue weighted by molar-refractivity contribution is 5.94. The van der Waals surface area contributed by atoms with Gasteiger partial charge in [-0.2, -0.15) is 0 Å². The van der Waals surface area contributed by atoms with Gasteiger partial charge in [0.05, 0.1) is 0 Å². The molecule has 1 fully saturated rings. The second-order valence-electron chi connectivity index (χ2n) is 4.39. The van der Waals surface area contributed by atoms with Gasteiger partial charge in [-0.25, -0.2) is 4.79 Å². The molecule has 1 aliphatic carbocycles. The smallest absolute Gasteiger partial charge is 0.344 e. The molecule has 1 aromatic rings. The largest absolute Gasteiger partial charge is 0.479 e. The van der Waals surface area contributed by atoms with E-state index in [1.165, 1.54) is 6.92 Å². The lowest BCUT2D eigenvalue weighted by Gasteiger charge is -2.11. The number of carbonyl (C=O) groups is 2. The van der Waals surface area contributed by atoms with Gasteiger partial charge in [0, 0.05) is 11.6 Å². The molecule has 2 N–H and O–H groups in total. The van der Waals surface area contributed by atoms with Crippen molar-refractivity contribution < 1.29 is 19.4 Å². The normalized spacial score (nSPS) is 15.8. The summed E-state index contributed by atoms with van der Waals surface area (Å²) in [6, 6.07) is 6.68. The molecule has 96 valence electrons. The number of carbonyl (C=O) groups excluding carboxylic acids is 1. The number of aliphatic carboxylic acids is 1. The number of hydrogen-bond donors (Lipinski definition) is 2. The number of carboxylic acid groups (broad SMARTS) is 1. The van der Waals surface area contributed by atoms with E-state index < -0.39 is 12.1 Å². The predicted octanol–water partition coefficient (Wildman–Crippen LogP) is 1.89. The molecule has 0 spiro atoms. The predicted molar refractivity (Wildman–Crippen MR) is 65.5 cm³/mol. The molecule has 0 bridgehead atoms. The summed E-state index contributed by atoms with van der Waals surface area (Å²) in [6.07, 6.45) is 1.03. The van der Waals surface area contributed by atoms with Gasteiger partial charge in [0.2, 0.25) is 5.91 Å². The van der Waals surface area contributed by atoms with Crippen molar-refractivity contribution >= 4 is 17.6 Å². The average Bonchev–Trinajstić information content (AvgIpc) is 3.15. The van der Waals surface area contributed by atoms with Crippen LogP contribution in [0.1, 0.15) is 19.8 Å². The summed E-state index contributed by atoms with van der Waals surface area (Å²) < 4.78 is 5.18. The number of ether oxygens (including phenoxy) is 1. The lowest BCUT2D eigenvalue weighted by molar-refractivity contribution is -0.144. The highest BCUT2D eigenvalue weighted by Gasteiger charge is 2.29. The van der Waals surface area contributed by atoms with Gasteiger partial charge in [0.25, 0.3) is 0 Å². The maximum atomic E-state index is 11.5. The monoisotopic (exact) mass is 249 g/mol. The number of amides is 1. The van der Waals surface area contributed by atoms with Crippen LogP contribution in [0.25, 0.3) is 0 Å². The van der Waals surface area contributed by atoms with Crippen molar-refractivity contribution in [1.29, 1.82) is 0 Å². The molecule has 0 aromatic heterocycles. The van der Waals surface area contributed by atoms with Crippen molar-refractivity contribution in [2.45, 2.75) is 25.9 Å². The van der Waals surface area contributed by atoms with Gasteiger partial charge >= 0.3 is 5.97 Å². The zero-order chi connectivity index (χ0) is 13.1. The minimum Gasteiger partial charge on any atom is -0.479 e. The minimum absolute atomic E-state index is 0.0440. The van der Waals surface area contributed by atoms with Crippen LogP contribution in [0.3, 0.4) is 0 Å². The first-order valence-electron chi connectivity index (χ1n) is 5.86. The van der Waals surface area contributed by atoms with E-state index in [-0.39, 0.29) is 11.8 Å². The van der Waals surface area contributed by atoms with Crippen molar-refractivity contribution in [3.05, 3.63) is 24.3 Å². The van der Waals surface area contributed by atoms with Gasteiger partial charge in [0.1, 0.15) is 5.75 Å². The van der Waals surface area contributed by atoms with Crippen molar-refractivity contribution in [1.82, 2.24) is 0 Å². The maximum Gasteiger partial charge on any atom is 0.344 e. The van der Waals surface area contributed by atoms with Crippen LogP contribution in [-0.4, -0.2) is 23.1 Å². The fourth-order valence-electron chi connectivity index (χ4n) is 1.46. The van der Waals surface area contributed by atoms with Crippen molar-refractivity contribution in [3.63, 3.8) is 0 Å². The zero-order valence-corrected chi connectivity index (χ0v) is 10.1. The molecule has 0 aliphatic heterocycles. The molecule has 5 nitrogen and oxygen atoms in total. The molecule has 1 unspecified atom stereocenters. The Morgan fingerprint density at radius 2 is 1.94 bits per heavy atom. The summed E-state index contributed by atoms with van der Waals surface area (Å²) in [7, 11) is 0. The molecule has 1 aromatic carbocycles. The van der Waals surface area contributed by atoms with Crippen LogP contribution in [0, 0.1) is 5.92 Å². The zero-order valence-electron chi connectivity index (χ0n) is 10.1. The molecule has 0 heterocycles. The molecule has 1 atom stereocenters. The first-order chi connectivity index (χ1) is 8.56. The summed E-state index contributed by atoms with van der Waals surface area (Å²) in [4.78, 5) is 22.1. The minimum atomic E-state index is -1.01. The lowest BCUT2D eigenvalue weighted by Crippen LogP contribution is -2.22. The van der Waals surface area contributed by atoms with E-state index in [0.717, 1.165) is 12.8 Å². The van der Waals surface area contributed by atoms with Gasteiger partial charge in [-0.15, -0.1) is 0 Å². The molecular formula is C13H15NO4. The number of rotatable bonds is 5. The SMILES string of the molecule is CC(Oc1ccc(NC(=O)C2CC2)cc1)C(=O)O. The van der Waals surface area contributed by atoms with Gasteiger partial charge in [0.15, 0.2) is 6.10 Å². The van der Waals surface area contributed by atoms with E-state index in [0.29, 0.717) is 11.4 Å². The number of hydrogen-bond acceptors (Lipinski definition) is 3. The molecule has 18 heavy (non-hydrogen) atoms. The Morgan fingerprint density at radius 3 is 2.44 bits per heavy atom. The number of benzene rings is 1. The molecule has 0 radical (unpaired) electrons. The van der Waals surface area contributed by atoms with E-state index in [9.17, 15) is 9.59 Å². The first kappa shape index (κ1) is 12.4. The summed E-state index contributed by atoms with van der Waals surface area (Å²) >= 11 is 0. The summed E-state index contributed by atoms with van der Waals surface area (Å²) in [5.41, 5.74) is 0.697. The highest BCUT2D eigenvalue weighted by atomic mass is 16.5. The third-order valence-electron chi connectivity index (χ3n) is 2.73. The van der Waals surface area contributed by atoms with Crippen LogP contribution in [0.4, 0.5) is 5.69 Å². The van der Waals surface area contributed by atoms with Crippen LogP contribution >= 0.6 is 0 Å². The summed E-state index contributed by atoms with van der Waals surface area (Å²) in [5.74, 6) is -0.342. The molecule has 1 amide bonds. The fraction of sp³-hybridized carbons (Fsp3) is 0.385.